The fourth-order valence-electron chi connectivity index (χ4n) is 2.26. The maximum atomic E-state index is 12.8. The first-order chi connectivity index (χ1) is 10.9. The smallest absolute Gasteiger partial charge is 0.256 e. The first-order valence-corrected chi connectivity index (χ1v) is 7.73. The number of alkyl halides is 2. The number of halogens is 3. The molecule has 0 spiro atoms. The van der Waals surface area contributed by atoms with Gasteiger partial charge in [-0.2, -0.15) is 5.26 Å². The summed E-state index contributed by atoms with van der Waals surface area (Å²) in [7, 11) is 0. The largest absolute Gasteiger partial charge is 0.479 e. The van der Waals surface area contributed by atoms with Crippen molar-refractivity contribution < 1.29 is 51.0 Å². The number of carbonyl (C=O) groups is 1. The van der Waals surface area contributed by atoms with E-state index in [4.69, 9.17) is 10.00 Å². The van der Waals surface area contributed by atoms with Crippen molar-refractivity contribution in [2.45, 2.75) is 19.8 Å². The molecule has 0 saturated heterocycles. The van der Waals surface area contributed by atoms with Gasteiger partial charge in [0.25, 0.3) is 6.43 Å². The van der Waals surface area contributed by atoms with E-state index in [9.17, 15) is 13.6 Å². The average molecular weight is 473 g/mol. The summed E-state index contributed by atoms with van der Waals surface area (Å²) < 4.78 is 31.4. The number of ether oxygens (including phenoxy) is 1. The Morgan fingerprint density at radius 3 is 2.83 bits per heavy atom. The van der Waals surface area contributed by atoms with Crippen LogP contribution in [0.1, 0.15) is 18.9 Å². The molecule has 24 heavy (non-hydrogen) atoms. The number of allylic oxidation sites excluding steroid dienone is 1. The molecule has 1 atom stereocenters. The summed E-state index contributed by atoms with van der Waals surface area (Å²) >= 11 is 3.35. The van der Waals surface area contributed by atoms with E-state index in [1.165, 1.54) is 0 Å². The molecule has 0 saturated carbocycles. The molecule has 2 rings (SSSR count). The van der Waals surface area contributed by atoms with Crippen molar-refractivity contribution >= 4 is 27.5 Å². The molecule has 1 aromatic carbocycles. The van der Waals surface area contributed by atoms with Crippen LogP contribution in [0.25, 0.3) is 5.70 Å². The summed E-state index contributed by atoms with van der Waals surface area (Å²) in [5, 5.41) is 8.51. The number of hydrogen-bond donors (Lipinski definition) is 0. The molecule has 0 bridgehead atoms. The van der Waals surface area contributed by atoms with E-state index in [0.29, 0.717) is 27.9 Å². The van der Waals surface area contributed by atoms with Crippen molar-refractivity contribution in [2.75, 3.05) is 13.2 Å². The standard InChI is InChI=1S/C16H14BrF2N2O2.Y/c1-10-2-5-14(21(16(10)22)9-15(18)19)12-4-3-11(8-13(12)17)23-7-6-20;/h3-4,8,10,15H,2,7,9H2,1H3;/q-1;. The zero-order valence-electron chi connectivity index (χ0n) is 12.9. The molecule has 1 aliphatic rings. The summed E-state index contributed by atoms with van der Waals surface area (Å²) in [5.41, 5.74) is 0.919. The molecule has 1 aromatic rings. The maximum Gasteiger partial charge on any atom is 0.256 e. The van der Waals surface area contributed by atoms with Gasteiger partial charge in [-0.05, 0) is 12.1 Å². The van der Waals surface area contributed by atoms with Crippen LogP contribution in [0.5, 0.6) is 5.75 Å². The molecule has 0 fully saturated rings. The van der Waals surface area contributed by atoms with Crippen molar-refractivity contribution in [1.82, 2.24) is 4.90 Å². The molecule has 0 aliphatic carbocycles. The second-order valence-corrected chi connectivity index (χ2v) is 5.91. The Bertz CT molecular complexity index is 677. The van der Waals surface area contributed by atoms with Crippen molar-refractivity contribution in [3.05, 3.63) is 34.3 Å². The van der Waals surface area contributed by atoms with E-state index in [0.717, 1.165) is 4.90 Å². The molecule has 0 aromatic heterocycles. The van der Waals surface area contributed by atoms with Crippen molar-refractivity contribution in [3.63, 3.8) is 0 Å². The number of amides is 1. The molecule has 1 amide bonds. The minimum absolute atomic E-state index is 0. The summed E-state index contributed by atoms with van der Waals surface area (Å²) in [5.74, 6) is -0.232. The van der Waals surface area contributed by atoms with Gasteiger partial charge in [0.2, 0.25) is 5.91 Å². The predicted molar refractivity (Wildman–Crippen MR) is 83.4 cm³/mol. The summed E-state index contributed by atoms with van der Waals surface area (Å²) in [4.78, 5) is 13.3. The van der Waals surface area contributed by atoms with Gasteiger partial charge in [0, 0.05) is 38.6 Å². The number of nitrogens with zero attached hydrogens (tertiary/aromatic N) is 2. The summed E-state index contributed by atoms with van der Waals surface area (Å²) in [6.07, 6.45) is 0.795. The van der Waals surface area contributed by atoms with E-state index in [1.54, 1.807) is 25.1 Å². The number of nitriles is 1. The van der Waals surface area contributed by atoms with Gasteiger partial charge in [-0.25, -0.2) is 14.9 Å². The van der Waals surface area contributed by atoms with Crippen LogP contribution >= 0.6 is 15.9 Å². The van der Waals surface area contributed by atoms with Crippen LogP contribution < -0.4 is 4.74 Å². The number of carbonyl (C=O) groups excluding carboxylic acids is 1. The third kappa shape index (κ3) is 5.08. The SMILES string of the molecule is CC1C[C-]=C(c2ccc(OCC#N)cc2Br)N(CC(F)F)C1=O.[Y]. The molecular weight excluding hydrogens is 459 g/mol. The minimum atomic E-state index is -2.63. The van der Waals surface area contributed by atoms with E-state index in [2.05, 4.69) is 22.0 Å². The van der Waals surface area contributed by atoms with Gasteiger partial charge < -0.3 is 9.64 Å². The number of rotatable bonds is 5. The Morgan fingerprint density at radius 1 is 1.54 bits per heavy atom. The molecular formula is C16H14BrF2N2O2Y-. The van der Waals surface area contributed by atoms with Gasteiger partial charge in [0.1, 0.15) is 11.8 Å². The Balaban J connectivity index is 0.00000288. The van der Waals surface area contributed by atoms with Crippen LogP contribution in [-0.4, -0.2) is 30.4 Å². The number of hydrogen-bond acceptors (Lipinski definition) is 3. The van der Waals surface area contributed by atoms with Gasteiger partial charge in [-0.1, -0.05) is 33.7 Å². The zero-order chi connectivity index (χ0) is 17.0. The quantitative estimate of drug-likeness (QED) is 0.615. The fraction of sp³-hybridized carbons (Fsp3) is 0.375. The Morgan fingerprint density at radius 2 is 2.25 bits per heavy atom. The van der Waals surface area contributed by atoms with Crippen LogP contribution in [-0.2, 0) is 37.5 Å². The van der Waals surface area contributed by atoms with Crippen molar-refractivity contribution in [3.8, 4) is 11.8 Å². The van der Waals surface area contributed by atoms with Gasteiger partial charge >= 0.3 is 0 Å². The van der Waals surface area contributed by atoms with E-state index in [-0.39, 0.29) is 51.1 Å². The maximum absolute atomic E-state index is 12.8. The van der Waals surface area contributed by atoms with Gasteiger partial charge in [0.15, 0.2) is 6.61 Å². The average Bonchev–Trinajstić information content (AvgIpc) is 2.50. The first-order valence-electron chi connectivity index (χ1n) is 6.94. The van der Waals surface area contributed by atoms with Crippen LogP contribution in [0, 0.1) is 23.3 Å². The topological polar surface area (TPSA) is 53.3 Å². The first kappa shape index (κ1) is 21.2. The fourth-order valence-corrected chi connectivity index (χ4v) is 2.81. The molecule has 1 aliphatic heterocycles. The van der Waals surface area contributed by atoms with Crippen molar-refractivity contribution in [2.24, 2.45) is 5.92 Å². The third-order valence-corrected chi connectivity index (χ3v) is 4.01. The van der Waals surface area contributed by atoms with Crippen LogP contribution in [0.2, 0.25) is 0 Å². The van der Waals surface area contributed by atoms with Crippen molar-refractivity contribution in [1.29, 1.82) is 5.26 Å². The van der Waals surface area contributed by atoms with E-state index in [1.807, 2.05) is 6.07 Å². The van der Waals surface area contributed by atoms with Crippen LogP contribution in [0.15, 0.2) is 22.7 Å². The predicted octanol–water partition coefficient (Wildman–Crippen LogP) is 3.63. The molecule has 8 heteroatoms. The summed E-state index contributed by atoms with van der Waals surface area (Å²) in [6.45, 7) is 0.942. The third-order valence-electron chi connectivity index (χ3n) is 3.35. The second-order valence-electron chi connectivity index (χ2n) is 5.06. The molecule has 0 N–H and O–H groups in total. The molecule has 4 nitrogen and oxygen atoms in total. The molecule has 1 unspecified atom stereocenters. The molecule has 125 valence electrons. The van der Waals surface area contributed by atoms with E-state index >= 15 is 0 Å². The Hall–Kier alpha value is -0.836. The minimum Gasteiger partial charge on any atom is -0.479 e. The van der Waals surface area contributed by atoms with E-state index < -0.39 is 13.0 Å². The van der Waals surface area contributed by atoms with Gasteiger partial charge in [-0.15, -0.1) is 17.3 Å². The second kappa shape index (κ2) is 9.60. The Labute approximate surface area is 172 Å². The monoisotopic (exact) mass is 472 g/mol. The zero-order valence-corrected chi connectivity index (χ0v) is 17.4. The van der Waals surface area contributed by atoms with Crippen LogP contribution in [0.3, 0.4) is 0 Å². The Kier molecular flexibility index (Phi) is 8.48. The van der Waals surface area contributed by atoms with Gasteiger partial charge in [-0.3, -0.25) is 4.79 Å². The summed E-state index contributed by atoms with van der Waals surface area (Å²) in [6, 6.07) is 6.76. The molecule has 1 heterocycles. The van der Waals surface area contributed by atoms with Crippen LogP contribution in [0.4, 0.5) is 8.78 Å². The normalized spacial score (nSPS) is 17.2. The molecule has 1 radical (unpaired) electrons. The number of benzene rings is 1. The van der Waals surface area contributed by atoms with Gasteiger partial charge in [0.05, 0.1) is 6.54 Å².